The molecule has 3 aromatic carbocycles. The molecule has 0 aliphatic heterocycles. The highest BCUT2D eigenvalue weighted by Gasteiger charge is 2.22. The molecule has 7 heteroatoms. The van der Waals surface area contributed by atoms with E-state index in [2.05, 4.69) is 6.92 Å². The van der Waals surface area contributed by atoms with Crippen LogP contribution in [0, 0.1) is 0 Å². The first-order valence-corrected chi connectivity index (χ1v) is 11.2. The van der Waals surface area contributed by atoms with Crippen molar-refractivity contribution in [1.82, 2.24) is 9.78 Å². The van der Waals surface area contributed by atoms with Gasteiger partial charge >= 0.3 is 0 Å². The molecule has 0 aliphatic rings. The molecular formula is C27H27ClN2O4. The molecule has 0 bridgehead atoms. The molecule has 0 fully saturated rings. The van der Waals surface area contributed by atoms with E-state index in [1.54, 1.807) is 28.4 Å². The number of benzene rings is 3. The van der Waals surface area contributed by atoms with Gasteiger partial charge in [0.05, 0.1) is 45.5 Å². The average molecular weight is 479 g/mol. The normalized spacial score (nSPS) is 10.8. The summed E-state index contributed by atoms with van der Waals surface area (Å²) in [7, 11) is 6.51. The average Bonchev–Trinajstić information content (AvgIpc) is 3.27. The van der Waals surface area contributed by atoms with E-state index in [-0.39, 0.29) is 0 Å². The summed E-state index contributed by atoms with van der Waals surface area (Å²) in [4.78, 5) is 0. The summed E-state index contributed by atoms with van der Waals surface area (Å²) in [5.41, 5.74) is 5.63. The van der Waals surface area contributed by atoms with E-state index in [1.165, 1.54) is 0 Å². The summed E-state index contributed by atoms with van der Waals surface area (Å²) < 4.78 is 23.9. The van der Waals surface area contributed by atoms with Crippen molar-refractivity contribution in [2.45, 2.75) is 13.3 Å². The number of halogens is 1. The number of methoxy groups -OCH3 is 4. The van der Waals surface area contributed by atoms with Crippen LogP contribution in [0.3, 0.4) is 0 Å². The van der Waals surface area contributed by atoms with Gasteiger partial charge in [-0.2, -0.15) is 5.10 Å². The van der Waals surface area contributed by atoms with Crippen LogP contribution in [0.25, 0.3) is 28.2 Å². The van der Waals surface area contributed by atoms with Crippen LogP contribution in [0.1, 0.15) is 12.5 Å². The molecule has 0 saturated carbocycles. The standard InChI is InChI=1S/C27H27ClN2O4/c1-6-21-26(17-10-12-22(31-2)24(14-17)33-4)29-30(20-9-7-8-19(28)16-20)27(21)18-11-13-23(32-3)25(15-18)34-5/h7-16H,6H2,1-5H3. The highest BCUT2D eigenvalue weighted by atomic mass is 35.5. The van der Waals surface area contributed by atoms with Crippen LogP contribution < -0.4 is 18.9 Å². The fourth-order valence-corrected chi connectivity index (χ4v) is 4.26. The predicted octanol–water partition coefficient (Wildman–Crippen LogP) is 6.46. The van der Waals surface area contributed by atoms with Gasteiger partial charge in [-0.05, 0) is 61.0 Å². The van der Waals surface area contributed by atoms with Gasteiger partial charge in [0.15, 0.2) is 23.0 Å². The molecule has 1 aromatic heterocycles. The molecule has 0 saturated heterocycles. The fraction of sp³-hybridized carbons (Fsp3) is 0.222. The maximum absolute atomic E-state index is 6.34. The van der Waals surface area contributed by atoms with E-state index in [9.17, 15) is 0 Å². The summed E-state index contributed by atoms with van der Waals surface area (Å²) in [5.74, 6) is 2.62. The van der Waals surface area contributed by atoms with E-state index < -0.39 is 0 Å². The third kappa shape index (κ3) is 4.29. The molecule has 4 rings (SSSR count). The molecule has 34 heavy (non-hydrogen) atoms. The fourth-order valence-electron chi connectivity index (χ4n) is 4.08. The number of aromatic nitrogens is 2. The predicted molar refractivity (Wildman–Crippen MR) is 135 cm³/mol. The summed E-state index contributed by atoms with van der Waals surface area (Å²) in [5, 5.41) is 5.69. The summed E-state index contributed by atoms with van der Waals surface area (Å²) in [6.07, 6.45) is 0.758. The molecule has 0 radical (unpaired) electrons. The number of rotatable bonds is 8. The van der Waals surface area contributed by atoms with Crippen LogP contribution in [-0.2, 0) is 6.42 Å². The van der Waals surface area contributed by atoms with Gasteiger partial charge in [0.1, 0.15) is 0 Å². The molecule has 0 spiro atoms. The first-order valence-electron chi connectivity index (χ1n) is 10.9. The molecule has 0 aliphatic carbocycles. The lowest BCUT2D eigenvalue weighted by atomic mass is 9.99. The Kier molecular flexibility index (Phi) is 6.98. The van der Waals surface area contributed by atoms with E-state index in [4.69, 9.17) is 35.6 Å². The Morgan fingerprint density at radius 3 is 1.88 bits per heavy atom. The van der Waals surface area contributed by atoms with Crippen molar-refractivity contribution in [3.63, 3.8) is 0 Å². The third-order valence-corrected chi connectivity index (χ3v) is 5.94. The van der Waals surface area contributed by atoms with Crippen LogP contribution >= 0.6 is 11.6 Å². The summed E-state index contributed by atoms with van der Waals surface area (Å²) >= 11 is 6.34. The molecule has 0 N–H and O–H groups in total. The lowest BCUT2D eigenvalue weighted by Gasteiger charge is -2.13. The minimum atomic E-state index is 0.636. The Labute approximate surface area is 204 Å². The zero-order chi connectivity index (χ0) is 24.2. The number of nitrogens with zero attached hydrogens (tertiary/aromatic N) is 2. The molecule has 6 nitrogen and oxygen atoms in total. The Balaban J connectivity index is 2.01. The third-order valence-electron chi connectivity index (χ3n) is 5.70. The van der Waals surface area contributed by atoms with Crippen LogP contribution in [0.4, 0.5) is 0 Å². The summed E-state index contributed by atoms with van der Waals surface area (Å²) in [6.45, 7) is 2.12. The van der Waals surface area contributed by atoms with Gasteiger partial charge in [-0.3, -0.25) is 0 Å². The Bertz CT molecular complexity index is 1320. The van der Waals surface area contributed by atoms with Crippen molar-refractivity contribution < 1.29 is 18.9 Å². The Hall–Kier alpha value is -3.64. The van der Waals surface area contributed by atoms with Crippen molar-refractivity contribution in [3.8, 4) is 51.2 Å². The second kappa shape index (κ2) is 10.1. The molecular weight excluding hydrogens is 452 g/mol. The first-order chi connectivity index (χ1) is 16.5. The minimum Gasteiger partial charge on any atom is -0.493 e. The zero-order valence-electron chi connectivity index (χ0n) is 19.9. The second-order valence-electron chi connectivity index (χ2n) is 7.56. The monoisotopic (exact) mass is 478 g/mol. The Morgan fingerprint density at radius 1 is 0.735 bits per heavy atom. The van der Waals surface area contributed by atoms with Crippen molar-refractivity contribution in [2.24, 2.45) is 0 Å². The van der Waals surface area contributed by atoms with Gasteiger partial charge in [-0.15, -0.1) is 0 Å². The van der Waals surface area contributed by atoms with E-state index in [1.807, 2.05) is 65.3 Å². The van der Waals surface area contributed by atoms with Crippen LogP contribution in [0.5, 0.6) is 23.0 Å². The van der Waals surface area contributed by atoms with Gasteiger partial charge in [0.2, 0.25) is 0 Å². The minimum absolute atomic E-state index is 0.636. The molecule has 0 atom stereocenters. The van der Waals surface area contributed by atoms with Gasteiger partial charge < -0.3 is 18.9 Å². The molecule has 0 unspecified atom stereocenters. The smallest absolute Gasteiger partial charge is 0.161 e. The van der Waals surface area contributed by atoms with Gasteiger partial charge in [0.25, 0.3) is 0 Å². The van der Waals surface area contributed by atoms with E-state index in [0.29, 0.717) is 28.0 Å². The number of hydrogen-bond acceptors (Lipinski definition) is 5. The SMILES string of the molecule is CCc1c(-c2ccc(OC)c(OC)c2)nn(-c2cccc(Cl)c2)c1-c1ccc(OC)c(OC)c1. The lowest BCUT2D eigenvalue weighted by Crippen LogP contribution is -2.01. The first kappa shape index (κ1) is 23.5. The van der Waals surface area contributed by atoms with Crippen molar-refractivity contribution >= 4 is 11.6 Å². The maximum atomic E-state index is 6.34. The van der Waals surface area contributed by atoms with E-state index >= 15 is 0 Å². The van der Waals surface area contributed by atoms with Gasteiger partial charge in [-0.25, -0.2) is 4.68 Å². The number of ether oxygens (including phenoxy) is 4. The largest absolute Gasteiger partial charge is 0.493 e. The highest BCUT2D eigenvalue weighted by molar-refractivity contribution is 6.30. The second-order valence-corrected chi connectivity index (χ2v) is 8.00. The number of hydrogen-bond donors (Lipinski definition) is 0. The van der Waals surface area contributed by atoms with Crippen LogP contribution in [0.15, 0.2) is 60.7 Å². The molecule has 1 heterocycles. The lowest BCUT2D eigenvalue weighted by molar-refractivity contribution is 0.355. The van der Waals surface area contributed by atoms with Crippen LogP contribution in [0.2, 0.25) is 5.02 Å². The molecule has 0 amide bonds. The maximum Gasteiger partial charge on any atom is 0.161 e. The van der Waals surface area contributed by atoms with Crippen molar-refractivity contribution in [2.75, 3.05) is 28.4 Å². The highest BCUT2D eigenvalue weighted by Crippen LogP contribution is 2.40. The van der Waals surface area contributed by atoms with E-state index in [0.717, 1.165) is 40.2 Å². The topological polar surface area (TPSA) is 54.7 Å². The van der Waals surface area contributed by atoms with Crippen LogP contribution in [-0.4, -0.2) is 38.2 Å². The summed E-state index contributed by atoms with van der Waals surface area (Å²) in [6, 6.07) is 19.4. The van der Waals surface area contributed by atoms with Gasteiger partial charge in [-0.1, -0.05) is 24.6 Å². The zero-order valence-corrected chi connectivity index (χ0v) is 20.6. The van der Waals surface area contributed by atoms with Gasteiger partial charge in [0, 0.05) is 21.7 Å². The Morgan fingerprint density at radius 2 is 1.32 bits per heavy atom. The quantitative estimate of drug-likeness (QED) is 0.291. The van der Waals surface area contributed by atoms with Crippen molar-refractivity contribution in [3.05, 3.63) is 71.2 Å². The molecule has 176 valence electrons. The van der Waals surface area contributed by atoms with Crippen molar-refractivity contribution in [1.29, 1.82) is 0 Å². The molecule has 4 aromatic rings.